The summed E-state index contributed by atoms with van der Waals surface area (Å²) in [5.74, 6) is 2.83. The number of hydrogen-bond donors (Lipinski definition) is 3. The van der Waals surface area contributed by atoms with Gasteiger partial charge in [0, 0.05) is 18.7 Å². The van der Waals surface area contributed by atoms with Crippen molar-refractivity contribution in [2.45, 2.75) is 45.6 Å². The maximum absolute atomic E-state index is 5.72. The van der Waals surface area contributed by atoms with Crippen molar-refractivity contribution in [3.63, 3.8) is 0 Å². The standard InChI is InChI=1S/C13H23N5/c1-3-6-15-11-8-12(18-13(14)17-11)16-9(2)7-10-4-5-10/h8-10H,3-7H2,1-2H3,(H4,14,15,16,17,18). The van der Waals surface area contributed by atoms with Gasteiger partial charge in [0.25, 0.3) is 0 Å². The number of rotatable bonds is 7. The monoisotopic (exact) mass is 249 g/mol. The highest BCUT2D eigenvalue weighted by molar-refractivity contribution is 5.51. The van der Waals surface area contributed by atoms with E-state index in [9.17, 15) is 0 Å². The molecule has 1 aromatic rings. The van der Waals surface area contributed by atoms with Crippen molar-refractivity contribution in [2.24, 2.45) is 5.92 Å². The van der Waals surface area contributed by atoms with Crippen LogP contribution in [0.2, 0.25) is 0 Å². The lowest BCUT2D eigenvalue weighted by molar-refractivity contribution is 0.640. The van der Waals surface area contributed by atoms with Gasteiger partial charge in [0.05, 0.1) is 0 Å². The minimum Gasteiger partial charge on any atom is -0.370 e. The van der Waals surface area contributed by atoms with Crippen molar-refractivity contribution in [1.29, 1.82) is 0 Å². The Morgan fingerprint density at radius 2 is 2.11 bits per heavy atom. The van der Waals surface area contributed by atoms with Gasteiger partial charge >= 0.3 is 0 Å². The van der Waals surface area contributed by atoms with Crippen LogP contribution in [0, 0.1) is 5.92 Å². The van der Waals surface area contributed by atoms with Crippen molar-refractivity contribution < 1.29 is 0 Å². The molecule has 1 heterocycles. The van der Waals surface area contributed by atoms with E-state index in [2.05, 4.69) is 34.4 Å². The Morgan fingerprint density at radius 1 is 1.39 bits per heavy atom. The Labute approximate surface area is 109 Å². The molecule has 0 bridgehead atoms. The number of hydrogen-bond acceptors (Lipinski definition) is 5. The van der Waals surface area contributed by atoms with Gasteiger partial charge in [-0.05, 0) is 25.7 Å². The Kier molecular flexibility index (Phi) is 4.23. The zero-order valence-corrected chi connectivity index (χ0v) is 11.2. The zero-order chi connectivity index (χ0) is 13.0. The first-order valence-electron chi connectivity index (χ1n) is 6.82. The lowest BCUT2D eigenvalue weighted by atomic mass is 10.1. The van der Waals surface area contributed by atoms with Gasteiger partial charge < -0.3 is 16.4 Å². The molecule has 0 saturated heterocycles. The van der Waals surface area contributed by atoms with Gasteiger partial charge in [-0.15, -0.1) is 0 Å². The smallest absolute Gasteiger partial charge is 0.223 e. The molecule has 5 heteroatoms. The second-order valence-corrected chi connectivity index (χ2v) is 5.15. The number of aromatic nitrogens is 2. The molecule has 100 valence electrons. The Bertz CT molecular complexity index is 389. The average Bonchev–Trinajstić information content (AvgIpc) is 3.09. The van der Waals surface area contributed by atoms with Gasteiger partial charge in [-0.25, -0.2) is 0 Å². The second kappa shape index (κ2) is 5.89. The normalized spacial score (nSPS) is 16.3. The minimum absolute atomic E-state index is 0.317. The van der Waals surface area contributed by atoms with Crippen LogP contribution in [0.15, 0.2) is 6.07 Å². The van der Waals surface area contributed by atoms with Crippen molar-refractivity contribution in [3.05, 3.63) is 6.07 Å². The van der Waals surface area contributed by atoms with Crippen LogP contribution in [0.5, 0.6) is 0 Å². The quantitative estimate of drug-likeness (QED) is 0.692. The predicted molar refractivity (Wildman–Crippen MR) is 75.7 cm³/mol. The van der Waals surface area contributed by atoms with Gasteiger partial charge in [-0.3, -0.25) is 0 Å². The molecular weight excluding hydrogens is 226 g/mol. The second-order valence-electron chi connectivity index (χ2n) is 5.15. The van der Waals surface area contributed by atoms with Crippen molar-refractivity contribution in [1.82, 2.24) is 9.97 Å². The van der Waals surface area contributed by atoms with Crippen LogP contribution in [0.3, 0.4) is 0 Å². The highest BCUT2D eigenvalue weighted by Gasteiger charge is 2.23. The number of nitrogen functional groups attached to an aromatic ring is 1. The minimum atomic E-state index is 0.317. The molecule has 2 rings (SSSR count). The van der Waals surface area contributed by atoms with E-state index >= 15 is 0 Å². The van der Waals surface area contributed by atoms with E-state index in [-0.39, 0.29) is 0 Å². The first kappa shape index (κ1) is 12.9. The molecule has 5 nitrogen and oxygen atoms in total. The molecule has 0 aromatic carbocycles. The average molecular weight is 249 g/mol. The molecule has 1 aliphatic carbocycles. The summed E-state index contributed by atoms with van der Waals surface area (Å²) in [5, 5.41) is 6.63. The largest absolute Gasteiger partial charge is 0.370 e. The van der Waals surface area contributed by atoms with Gasteiger partial charge in [0.15, 0.2) is 0 Å². The van der Waals surface area contributed by atoms with E-state index in [1.807, 2.05) is 6.07 Å². The SMILES string of the molecule is CCCNc1cc(NC(C)CC2CC2)nc(N)n1. The molecular formula is C13H23N5. The molecule has 1 unspecified atom stereocenters. The number of anilines is 3. The molecule has 1 fully saturated rings. The topological polar surface area (TPSA) is 75.9 Å². The summed E-state index contributed by atoms with van der Waals surface area (Å²) in [6, 6.07) is 2.36. The van der Waals surface area contributed by atoms with Crippen LogP contribution in [-0.2, 0) is 0 Å². The first-order valence-corrected chi connectivity index (χ1v) is 6.82. The molecule has 4 N–H and O–H groups in total. The Morgan fingerprint density at radius 3 is 2.78 bits per heavy atom. The summed E-state index contributed by atoms with van der Waals surface area (Å²) < 4.78 is 0. The fraction of sp³-hybridized carbons (Fsp3) is 0.692. The molecule has 1 saturated carbocycles. The van der Waals surface area contributed by atoms with Crippen LogP contribution in [0.1, 0.15) is 39.5 Å². The summed E-state index contributed by atoms with van der Waals surface area (Å²) >= 11 is 0. The van der Waals surface area contributed by atoms with E-state index in [4.69, 9.17) is 5.73 Å². The van der Waals surface area contributed by atoms with Crippen LogP contribution in [0.25, 0.3) is 0 Å². The summed E-state index contributed by atoms with van der Waals surface area (Å²) in [6.07, 6.45) is 5.02. The summed E-state index contributed by atoms with van der Waals surface area (Å²) in [7, 11) is 0. The lowest BCUT2D eigenvalue weighted by Crippen LogP contribution is -2.17. The number of nitrogens with two attached hydrogens (primary N) is 1. The molecule has 1 atom stereocenters. The van der Waals surface area contributed by atoms with E-state index in [1.54, 1.807) is 0 Å². The Balaban J connectivity index is 1.94. The van der Waals surface area contributed by atoms with Crippen LogP contribution >= 0.6 is 0 Å². The summed E-state index contributed by atoms with van der Waals surface area (Å²) in [6.45, 7) is 5.21. The lowest BCUT2D eigenvalue weighted by Gasteiger charge is -2.15. The van der Waals surface area contributed by atoms with Crippen molar-refractivity contribution in [3.8, 4) is 0 Å². The molecule has 0 radical (unpaired) electrons. The molecule has 0 amide bonds. The van der Waals surface area contributed by atoms with E-state index < -0.39 is 0 Å². The summed E-state index contributed by atoms with van der Waals surface area (Å²) in [4.78, 5) is 8.39. The summed E-state index contributed by atoms with van der Waals surface area (Å²) in [5.41, 5.74) is 5.72. The number of nitrogens with zero attached hydrogens (tertiary/aromatic N) is 2. The van der Waals surface area contributed by atoms with E-state index in [1.165, 1.54) is 19.3 Å². The third-order valence-electron chi connectivity index (χ3n) is 3.08. The van der Waals surface area contributed by atoms with E-state index in [0.717, 1.165) is 30.5 Å². The fourth-order valence-electron chi connectivity index (χ4n) is 2.05. The van der Waals surface area contributed by atoms with Crippen molar-refractivity contribution in [2.75, 3.05) is 22.9 Å². The highest BCUT2D eigenvalue weighted by atomic mass is 15.1. The molecule has 18 heavy (non-hydrogen) atoms. The van der Waals surface area contributed by atoms with E-state index in [0.29, 0.717) is 12.0 Å². The van der Waals surface area contributed by atoms with Crippen molar-refractivity contribution >= 4 is 17.6 Å². The predicted octanol–water partition coefficient (Wildman–Crippen LogP) is 2.48. The van der Waals surface area contributed by atoms with Gasteiger partial charge in [-0.2, -0.15) is 9.97 Å². The fourth-order valence-corrected chi connectivity index (χ4v) is 2.05. The first-order chi connectivity index (χ1) is 8.67. The van der Waals surface area contributed by atoms with Crippen LogP contribution in [-0.4, -0.2) is 22.6 Å². The maximum Gasteiger partial charge on any atom is 0.223 e. The van der Waals surface area contributed by atoms with Crippen LogP contribution in [0.4, 0.5) is 17.6 Å². The van der Waals surface area contributed by atoms with Gasteiger partial charge in [0.2, 0.25) is 5.95 Å². The maximum atomic E-state index is 5.72. The van der Waals surface area contributed by atoms with Crippen LogP contribution < -0.4 is 16.4 Å². The third-order valence-corrected chi connectivity index (χ3v) is 3.08. The molecule has 1 aromatic heterocycles. The molecule has 0 aliphatic heterocycles. The van der Waals surface area contributed by atoms with Gasteiger partial charge in [0.1, 0.15) is 11.6 Å². The number of nitrogens with one attached hydrogen (secondary N) is 2. The zero-order valence-electron chi connectivity index (χ0n) is 11.2. The van der Waals surface area contributed by atoms with Gasteiger partial charge in [-0.1, -0.05) is 19.8 Å². The molecule has 0 spiro atoms. The Hall–Kier alpha value is -1.52. The molecule has 1 aliphatic rings. The third kappa shape index (κ3) is 4.05. The highest BCUT2D eigenvalue weighted by Crippen LogP contribution is 2.34.